The summed E-state index contributed by atoms with van der Waals surface area (Å²) in [6.07, 6.45) is 2.67. The first-order valence-corrected chi connectivity index (χ1v) is 4.73. The summed E-state index contributed by atoms with van der Waals surface area (Å²) < 4.78 is 0. The average Bonchev–Trinajstić information content (AvgIpc) is 2.26. The van der Waals surface area contributed by atoms with Gasteiger partial charge in [-0.3, -0.25) is 10.1 Å². The summed E-state index contributed by atoms with van der Waals surface area (Å²) in [6.45, 7) is 0. The predicted molar refractivity (Wildman–Crippen MR) is 50.6 cm³/mol. The fourth-order valence-corrected chi connectivity index (χ4v) is 1.37. The molecule has 0 unspecified atom stereocenters. The van der Waals surface area contributed by atoms with Gasteiger partial charge in [0.05, 0.1) is 0 Å². The molecule has 1 atom stereocenters. The summed E-state index contributed by atoms with van der Waals surface area (Å²) >= 11 is 1.66. The van der Waals surface area contributed by atoms with Crippen LogP contribution >= 0.6 is 11.8 Å². The van der Waals surface area contributed by atoms with Crippen molar-refractivity contribution in [3.05, 3.63) is 0 Å². The van der Waals surface area contributed by atoms with Crippen molar-refractivity contribution in [2.75, 3.05) is 12.0 Å². The predicted octanol–water partition coefficient (Wildman–Crippen LogP) is -0.701. The van der Waals surface area contributed by atoms with E-state index in [2.05, 4.69) is 10.6 Å². The minimum atomic E-state index is -0.374. The van der Waals surface area contributed by atoms with Crippen LogP contribution in [0.15, 0.2) is 0 Å². The van der Waals surface area contributed by atoms with Gasteiger partial charge in [0.25, 0.3) is 5.91 Å². The van der Waals surface area contributed by atoms with Crippen molar-refractivity contribution in [2.24, 2.45) is 0 Å². The van der Waals surface area contributed by atoms with Gasteiger partial charge >= 0.3 is 35.6 Å². The Bertz CT molecular complexity index is 188. The number of hydrogen-bond donors (Lipinski definition) is 2. The molecule has 1 aliphatic rings. The third-order valence-corrected chi connectivity index (χ3v) is 2.11. The molecule has 0 aromatic rings. The van der Waals surface area contributed by atoms with Crippen molar-refractivity contribution in [2.45, 2.75) is 12.5 Å². The number of carbonyl (C=O) groups is 2. The van der Waals surface area contributed by atoms with Crippen LogP contribution in [-0.4, -0.2) is 59.5 Å². The van der Waals surface area contributed by atoms with Crippen molar-refractivity contribution in [1.29, 1.82) is 0 Å². The molecule has 6 heteroatoms. The molecule has 2 N–H and O–H groups in total. The molecular formula is C6H11N2NaO2S. The van der Waals surface area contributed by atoms with Gasteiger partial charge in [-0.25, -0.2) is 4.79 Å². The Morgan fingerprint density at radius 3 is 2.58 bits per heavy atom. The van der Waals surface area contributed by atoms with Gasteiger partial charge in [0.2, 0.25) is 0 Å². The van der Waals surface area contributed by atoms with E-state index in [9.17, 15) is 9.59 Å². The van der Waals surface area contributed by atoms with Crippen LogP contribution in [0.3, 0.4) is 0 Å². The zero-order valence-electron chi connectivity index (χ0n) is 6.22. The Morgan fingerprint density at radius 1 is 1.50 bits per heavy atom. The Morgan fingerprint density at radius 2 is 2.17 bits per heavy atom. The molecule has 0 bridgehead atoms. The molecule has 0 spiro atoms. The fourth-order valence-electron chi connectivity index (χ4n) is 0.898. The molecule has 1 saturated heterocycles. The maximum absolute atomic E-state index is 10.9. The zero-order valence-corrected chi connectivity index (χ0v) is 7.03. The number of rotatable bonds is 3. The van der Waals surface area contributed by atoms with Crippen LogP contribution in [0, 0.1) is 0 Å². The van der Waals surface area contributed by atoms with Crippen molar-refractivity contribution < 1.29 is 9.59 Å². The zero-order chi connectivity index (χ0) is 8.27. The number of thioether (sulfide) groups is 1. The topological polar surface area (TPSA) is 58.2 Å². The first-order valence-electron chi connectivity index (χ1n) is 3.34. The van der Waals surface area contributed by atoms with Crippen molar-refractivity contribution in [1.82, 2.24) is 10.6 Å². The molecule has 0 aromatic heterocycles. The van der Waals surface area contributed by atoms with E-state index in [0.29, 0.717) is 6.42 Å². The maximum atomic E-state index is 10.9. The summed E-state index contributed by atoms with van der Waals surface area (Å²) in [4.78, 5) is 21.5. The van der Waals surface area contributed by atoms with Gasteiger partial charge in [0, 0.05) is 0 Å². The standard InChI is InChI=1S/C6H10N2O2S.Na.H/c1-11-3-2-4-5(9)8-6(10)7-4;;/h4H,2-3H2,1H3,(H2,7,8,9,10);;/t4-;;/m0../s1. The molecule has 1 aliphatic heterocycles. The third kappa shape index (κ3) is 3.35. The average molecular weight is 198 g/mol. The van der Waals surface area contributed by atoms with Crippen LogP contribution in [0.25, 0.3) is 0 Å². The molecule has 1 heterocycles. The van der Waals surface area contributed by atoms with Gasteiger partial charge in [-0.05, 0) is 18.4 Å². The van der Waals surface area contributed by atoms with E-state index in [0.717, 1.165) is 5.75 Å². The Labute approximate surface area is 97.5 Å². The van der Waals surface area contributed by atoms with E-state index in [1.165, 1.54) is 0 Å². The van der Waals surface area contributed by atoms with Crippen molar-refractivity contribution in [3.63, 3.8) is 0 Å². The van der Waals surface area contributed by atoms with E-state index in [1.54, 1.807) is 11.8 Å². The van der Waals surface area contributed by atoms with Crippen molar-refractivity contribution in [3.8, 4) is 0 Å². The summed E-state index contributed by atoms with van der Waals surface area (Å²) in [5.74, 6) is 0.683. The Hall–Kier alpha value is 0.290. The number of carbonyl (C=O) groups excluding carboxylic acids is 2. The third-order valence-electron chi connectivity index (χ3n) is 1.47. The van der Waals surface area contributed by atoms with E-state index < -0.39 is 0 Å². The second kappa shape index (κ2) is 5.85. The van der Waals surface area contributed by atoms with Gasteiger partial charge in [-0.15, -0.1) is 0 Å². The summed E-state index contributed by atoms with van der Waals surface area (Å²) in [5, 5.41) is 4.70. The van der Waals surface area contributed by atoms with E-state index in [4.69, 9.17) is 0 Å². The molecule has 0 aliphatic carbocycles. The quantitative estimate of drug-likeness (QED) is 0.465. The molecule has 1 fully saturated rings. The van der Waals surface area contributed by atoms with Crippen molar-refractivity contribution >= 4 is 53.3 Å². The van der Waals surface area contributed by atoms with Crippen LogP contribution in [0.1, 0.15) is 6.42 Å². The molecule has 0 saturated carbocycles. The fraction of sp³-hybridized carbons (Fsp3) is 0.667. The monoisotopic (exact) mass is 198 g/mol. The molecule has 4 nitrogen and oxygen atoms in total. The Balaban J connectivity index is 0.00000121. The summed E-state index contributed by atoms with van der Waals surface area (Å²) in [7, 11) is 0. The van der Waals surface area contributed by atoms with Gasteiger partial charge in [-0.1, -0.05) is 0 Å². The van der Waals surface area contributed by atoms with E-state index in [1.807, 2.05) is 6.26 Å². The summed E-state index contributed by atoms with van der Waals surface area (Å²) in [6, 6.07) is -0.684. The molecule has 3 amide bonds. The van der Waals surface area contributed by atoms with Crippen LogP contribution in [0.4, 0.5) is 4.79 Å². The van der Waals surface area contributed by atoms with Gasteiger partial charge in [-0.2, -0.15) is 11.8 Å². The summed E-state index contributed by atoms with van der Waals surface area (Å²) in [5.41, 5.74) is 0. The number of nitrogens with one attached hydrogen (secondary N) is 2. The number of urea groups is 1. The first kappa shape index (κ1) is 12.3. The minimum absolute atomic E-state index is 0. The molecule has 0 aromatic carbocycles. The van der Waals surface area contributed by atoms with E-state index in [-0.39, 0.29) is 47.5 Å². The number of amides is 3. The molecule has 1 rings (SSSR count). The molecule has 12 heavy (non-hydrogen) atoms. The first-order chi connectivity index (χ1) is 5.24. The van der Waals surface area contributed by atoms with Crippen LogP contribution < -0.4 is 10.6 Å². The van der Waals surface area contributed by atoms with E-state index >= 15 is 0 Å². The number of hydrogen-bond acceptors (Lipinski definition) is 3. The van der Waals surface area contributed by atoms with Gasteiger partial charge in [0.1, 0.15) is 6.04 Å². The molecule has 64 valence electrons. The van der Waals surface area contributed by atoms with Crippen LogP contribution in [-0.2, 0) is 4.79 Å². The number of imide groups is 1. The van der Waals surface area contributed by atoms with Crippen LogP contribution in [0.2, 0.25) is 0 Å². The second-order valence-electron chi connectivity index (χ2n) is 2.30. The normalized spacial score (nSPS) is 21.2. The Kier molecular flexibility index (Phi) is 6.00. The van der Waals surface area contributed by atoms with Gasteiger partial charge < -0.3 is 5.32 Å². The molecular weight excluding hydrogens is 187 g/mol. The SMILES string of the molecule is CSCC[C@@H]1NC(=O)NC1=O.[NaH]. The van der Waals surface area contributed by atoms with Gasteiger partial charge in [0.15, 0.2) is 0 Å². The molecule has 0 radical (unpaired) electrons. The second-order valence-corrected chi connectivity index (χ2v) is 3.28. The van der Waals surface area contributed by atoms with Crippen LogP contribution in [0.5, 0.6) is 0 Å².